The van der Waals surface area contributed by atoms with Gasteiger partial charge in [-0.05, 0) is 12.1 Å². The zero-order valence-electron chi connectivity index (χ0n) is 8.65. The second-order valence-corrected chi connectivity index (χ2v) is 5.14. The first-order chi connectivity index (χ1) is 7.68. The molecule has 0 aliphatic heterocycles. The van der Waals surface area contributed by atoms with Crippen LogP contribution in [-0.4, -0.2) is 9.55 Å². The van der Waals surface area contributed by atoms with Gasteiger partial charge in [0.25, 0.3) is 0 Å². The van der Waals surface area contributed by atoms with Gasteiger partial charge in [0.1, 0.15) is 0 Å². The lowest BCUT2D eigenvalue weighted by Crippen LogP contribution is -1.92. The molecule has 0 aliphatic rings. The largest absolute Gasteiger partial charge is 0.337 e. The Bertz CT molecular complexity index is 476. The number of thioether (sulfide) groups is 1. The van der Waals surface area contributed by atoms with Crippen LogP contribution in [0, 0.1) is 0 Å². The third kappa shape index (κ3) is 2.54. The monoisotopic (exact) mass is 272 g/mol. The summed E-state index contributed by atoms with van der Waals surface area (Å²) in [5.74, 6) is 0.806. The minimum Gasteiger partial charge on any atom is -0.337 e. The number of aromatic nitrogens is 2. The summed E-state index contributed by atoms with van der Waals surface area (Å²) in [4.78, 5) is 4.99. The molecule has 0 radical (unpaired) electrons. The fourth-order valence-corrected chi connectivity index (χ4v) is 3.00. The van der Waals surface area contributed by atoms with Gasteiger partial charge in [0.05, 0.1) is 16.4 Å². The van der Waals surface area contributed by atoms with Crippen molar-refractivity contribution in [1.29, 1.82) is 0 Å². The number of nitrogens with zero attached hydrogens (tertiary/aromatic N) is 2. The SMILES string of the molecule is Cn1cncc1CSc1c(Cl)cccc1Cl. The number of hydrogen-bond acceptors (Lipinski definition) is 2. The van der Waals surface area contributed by atoms with Crippen molar-refractivity contribution in [2.45, 2.75) is 10.6 Å². The lowest BCUT2D eigenvalue weighted by Gasteiger charge is -2.06. The Morgan fingerprint density at radius 3 is 2.56 bits per heavy atom. The summed E-state index contributed by atoms with van der Waals surface area (Å²) in [6.07, 6.45) is 3.63. The van der Waals surface area contributed by atoms with E-state index in [1.54, 1.807) is 18.1 Å². The van der Waals surface area contributed by atoms with Crippen LogP contribution in [0.2, 0.25) is 10.0 Å². The molecule has 84 valence electrons. The van der Waals surface area contributed by atoms with Crippen molar-refractivity contribution >= 4 is 35.0 Å². The number of aryl methyl sites for hydroxylation is 1. The average molecular weight is 273 g/mol. The topological polar surface area (TPSA) is 17.8 Å². The average Bonchev–Trinajstić information content (AvgIpc) is 2.64. The first-order valence-electron chi connectivity index (χ1n) is 4.70. The molecule has 0 unspecified atom stereocenters. The molecule has 1 aromatic carbocycles. The van der Waals surface area contributed by atoms with Gasteiger partial charge in [0.2, 0.25) is 0 Å². The van der Waals surface area contributed by atoms with Gasteiger partial charge in [-0.15, -0.1) is 11.8 Å². The highest BCUT2D eigenvalue weighted by Crippen LogP contribution is 2.35. The molecule has 0 fully saturated rings. The van der Waals surface area contributed by atoms with Crippen LogP contribution in [0.5, 0.6) is 0 Å². The van der Waals surface area contributed by atoms with E-state index in [2.05, 4.69) is 4.98 Å². The Labute approximate surface area is 109 Å². The smallest absolute Gasteiger partial charge is 0.0945 e. The highest BCUT2D eigenvalue weighted by Gasteiger charge is 2.07. The van der Waals surface area contributed by atoms with Crippen molar-refractivity contribution in [3.05, 3.63) is 46.5 Å². The van der Waals surface area contributed by atoms with E-state index in [1.165, 1.54) is 0 Å². The van der Waals surface area contributed by atoms with Crippen molar-refractivity contribution in [1.82, 2.24) is 9.55 Å². The van der Waals surface area contributed by atoms with Crippen LogP contribution >= 0.6 is 35.0 Å². The Kier molecular flexibility index (Phi) is 3.79. The predicted molar refractivity (Wildman–Crippen MR) is 69.2 cm³/mol. The maximum absolute atomic E-state index is 6.08. The van der Waals surface area contributed by atoms with Gasteiger partial charge in [0.15, 0.2) is 0 Å². The first kappa shape index (κ1) is 11.8. The molecular weight excluding hydrogens is 263 g/mol. The number of imidazole rings is 1. The maximum atomic E-state index is 6.08. The number of benzene rings is 1. The van der Waals surface area contributed by atoms with Crippen molar-refractivity contribution in [3.63, 3.8) is 0 Å². The molecule has 2 rings (SSSR count). The molecule has 2 nitrogen and oxygen atoms in total. The van der Waals surface area contributed by atoms with Crippen LogP contribution in [-0.2, 0) is 12.8 Å². The molecule has 16 heavy (non-hydrogen) atoms. The van der Waals surface area contributed by atoms with Gasteiger partial charge < -0.3 is 4.57 Å². The molecule has 0 aliphatic carbocycles. The summed E-state index contributed by atoms with van der Waals surface area (Å²) in [7, 11) is 1.97. The third-order valence-corrected chi connectivity index (χ3v) is 4.22. The molecule has 5 heteroatoms. The van der Waals surface area contributed by atoms with Crippen LogP contribution < -0.4 is 0 Å². The third-order valence-electron chi connectivity index (χ3n) is 2.20. The van der Waals surface area contributed by atoms with Crippen molar-refractivity contribution in [2.24, 2.45) is 7.05 Å². The molecule has 1 heterocycles. The van der Waals surface area contributed by atoms with Gasteiger partial charge in [-0.3, -0.25) is 0 Å². The summed E-state index contributed by atoms with van der Waals surface area (Å²) in [5, 5.41) is 1.39. The normalized spacial score (nSPS) is 10.7. The van der Waals surface area contributed by atoms with E-state index >= 15 is 0 Å². The van der Waals surface area contributed by atoms with Crippen LogP contribution in [0.15, 0.2) is 35.6 Å². The van der Waals surface area contributed by atoms with E-state index in [4.69, 9.17) is 23.2 Å². The zero-order chi connectivity index (χ0) is 11.5. The van der Waals surface area contributed by atoms with Gasteiger partial charge in [-0.1, -0.05) is 29.3 Å². The summed E-state index contributed by atoms with van der Waals surface area (Å²) in [5.41, 5.74) is 1.14. The molecule has 0 amide bonds. The molecule has 0 saturated heterocycles. The van der Waals surface area contributed by atoms with E-state index in [1.807, 2.05) is 36.0 Å². The van der Waals surface area contributed by atoms with E-state index < -0.39 is 0 Å². The lowest BCUT2D eigenvalue weighted by molar-refractivity contribution is 0.867. The minimum atomic E-state index is 0.694. The van der Waals surface area contributed by atoms with Crippen LogP contribution in [0.1, 0.15) is 5.69 Å². The van der Waals surface area contributed by atoms with Crippen LogP contribution in [0.3, 0.4) is 0 Å². The predicted octanol–water partition coefficient (Wildman–Crippen LogP) is 4.02. The van der Waals surface area contributed by atoms with Gasteiger partial charge in [-0.2, -0.15) is 0 Å². The van der Waals surface area contributed by atoms with Crippen molar-refractivity contribution < 1.29 is 0 Å². The quantitative estimate of drug-likeness (QED) is 0.786. The number of halogens is 2. The number of hydrogen-bond donors (Lipinski definition) is 0. The van der Waals surface area contributed by atoms with Crippen molar-refractivity contribution in [2.75, 3.05) is 0 Å². The molecule has 2 aromatic rings. The molecule has 0 N–H and O–H groups in total. The Morgan fingerprint density at radius 1 is 1.31 bits per heavy atom. The molecule has 0 bridgehead atoms. The minimum absolute atomic E-state index is 0.694. The molecule has 0 spiro atoms. The second-order valence-electron chi connectivity index (χ2n) is 3.34. The van der Waals surface area contributed by atoms with E-state index in [9.17, 15) is 0 Å². The van der Waals surface area contributed by atoms with Crippen LogP contribution in [0.25, 0.3) is 0 Å². The molecule has 0 saturated carbocycles. The van der Waals surface area contributed by atoms with E-state index in [-0.39, 0.29) is 0 Å². The molecule has 0 atom stereocenters. The second kappa shape index (κ2) is 5.13. The first-order valence-corrected chi connectivity index (χ1v) is 6.44. The fraction of sp³-hybridized carbons (Fsp3) is 0.182. The molecular formula is C11H10Cl2N2S. The summed E-state index contributed by atoms with van der Waals surface area (Å²) in [6.45, 7) is 0. The summed E-state index contributed by atoms with van der Waals surface area (Å²) < 4.78 is 1.98. The summed E-state index contributed by atoms with van der Waals surface area (Å²) >= 11 is 13.8. The van der Waals surface area contributed by atoms with E-state index in [0.29, 0.717) is 10.0 Å². The van der Waals surface area contributed by atoms with E-state index in [0.717, 1.165) is 16.3 Å². The fourth-order valence-electron chi connectivity index (χ4n) is 1.29. The lowest BCUT2D eigenvalue weighted by atomic mass is 10.4. The highest BCUT2D eigenvalue weighted by atomic mass is 35.5. The molecule has 1 aromatic heterocycles. The summed E-state index contributed by atoms with van der Waals surface area (Å²) in [6, 6.07) is 5.54. The standard InChI is InChI=1S/C11H10Cl2N2S/c1-15-7-14-5-8(15)6-16-11-9(12)3-2-4-10(11)13/h2-5,7H,6H2,1H3. The Hall–Kier alpha value is -0.640. The maximum Gasteiger partial charge on any atom is 0.0945 e. The van der Waals surface area contributed by atoms with Gasteiger partial charge in [0, 0.05) is 29.6 Å². The van der Waals surface area contributed by atoms with Crippen molar-refractivity contribution in [3.8, 4) is 0 Å². The highest BCUT2D eigenvalue weighted by molar-refractivity contribution is 7.98. The Balaban J connectivity index is 2.14. The zero-order valence-corrected chi connectivity index (χ0v) is 11.0. The number of rotatable bonds is 3. The van der Waals surface area contributed by atoms with Gasteiger partial charge in [-0.25, -0.2) is 4.98 Å². The van der Waals surface area contributed by atoms with Crippen LogP contribution in [0.4, 0.5) is 0 Å². The Morgan fingerprint density at radius 2 is 2.00 bits per heavy atom. The van der Waals surface area contributed by atoms with Gasteiger partial charge >= 0.3 is 0 Å².